The summed E-state index contributed by atoms with van der Waals surface area (Å²) in [4.78, 5) is 21.0. The average molecular weight is 253 g/mol. The maximum Gasteiger partial charge on any atom is 0.305 e. The van der Waals surface area contributed by atoms with Crippen LogP contribution in [0.2, 0.25) is 0 Å². The first-order valence-corrected chi connectivity index (χ1v) is 6.01. The fraction of sp³-hybridized carbons (Fsp3) is 0.583. The van der Waals surface area contributed by atoms with E-state index in [4.69, 9.17) is 9.84 Å². The van der Waals surface area contributed by atoms with E-state index in [-0.39, 0.29) is 12.5 Å². The second kappa shape index (κ2) is 6.78. The van der Waals surface area contributed by atoms with E-state index >= 15 is 0 Å². The molecule has 1 rings (SSSR count). The van der Waals surface area contributed by atoms with Crippen LogP contribution in [0.15, 0.2) is 12.4 Å². The molecule has 0 saturated carbocycles. The number of carbonyl (C=O) groups is 1. The van der Waals surface area contributed by atoms with Crippen LogP contribution < -0.4 is 9.64 Å². The Kier molecular flexibility index (Phi) is 5.35. The summed E-state index contributed by atoms with van der Waals surface area (Å²) < 4.78 is 5.29. The normalized spacial score (nSPS) is 11.9. The lowest BCUT2D eigenvalue weighted by atomic mass is 10.2. The van der Waals surface area contributed by atoms with Gasteiger partial charge in [-0.1, -0.05) is 0 Å². The van der Waals surface area contributed by atoms with E-state index in [0.717, 1.165) is 0 Å². The molecule has 1 atom stereocenters. The molecule has 0 saturated heterocycles. The lowest BCUT2D eigenvalue weighted by molar-refractivity contribution is -0.137. The van der Waals surface area contributed by atoms with Gasteiger partial charge in [-0.15, -0.1) is 0 Å². The molecule has 1 aromatic rings. The quantitative estimate of drug-likeness (QED) is 0.794. The maximum atomic E-state index is 10.7. The molecule has 0 aromatic carbocycles. The zero-order valence-electron chi connectivity index (χ0n) is 11.0. The molecule has 18 heavy (non-hydrogen) atoms. The molecule has 0 radical (unpaired) electrons. The summed E-state index contributed by atoms with van der Waals surface area (Å²) in [5, 5.41) is 8.83. The minimum absolute atomic E-state index is 0.0639. The Morgan fingerprint density at radius 3 is 2.78 bits per heavy atom. The van der Waals surface area contributed by atoms with Crippen molar-refractivity contribution in [2.24, 2.45) is 0 Å². The molecule has 0 bridgehead atoms. The van der Waals surface area contributed by atoms with Gasteiger partial charge >= 0.3 is 5.97 Å². The second-order valence-electron chi connectivity index (χ2n) is 3.88. The van der Waals surface area contributed by atoms with E-state index in [1.807, 2.05) is 25.7 Å². The third-order valence-corrected chi connectivity index (χ3v) is 2.53. The number of hydrogen-bond donors (Lipinski definition) is 1. The average Bonchev–Trinajstić information content (AvgIpc) is 2.30. The van der Waals surface area contributed by atoms with Crippen LogP contribution in [0.25, 0.3) is 0 Å². The highest BCUT2D eigenvalue weighted by Gasteiger charge is 2.17. The topological polar surface area (TPSA) is 75.5 Å². The van der Waals surface area contributed by atoms with Crippen LogP contribution in [0.1, 0.15) is 27.2 Å². The number of ether oxygens (including phenoxy) is 1. The Hall–Kier alpha value is -1.85. The molecule has 1 N–H and O–H groups in total. The zero-order chi connectivity index (χ0) is 13.5. The number of anilines is 1. The van der Waals surface area contributed by atoms with Crippen molar-refractivity contribution in [3.63, 3.8) is 0 Å². The number of nitrogens with zero attached hydrogens (tertiary/aromatic N) is 3. The number of aromatic nitrogens is 2. The lowest BCUT2D eigenvalue weighted by Crippen LogP contribution is -2.35. The third-order valence-electron chi connectivity index (χ3n) is 2.53. The number of rotatable bonds is 7. The molecule has 1 heterocycles. The van der Waals surface area contributed by atoms with E-state index in [9.17, 15) is 4.79 Å². The van der Waals surface area contributed by atoms with Crippen LogP contribution in [0, 0.1) is 0 Å². The number of aliphatic carboxylic acids is 1. The monoisotopic (exact) mass is 253 g/mol. The zero-order valence-corrected chi connectivity index (χ0v) is 11.0. The van der Waals surface area contributed by atoms with E-state index in [1.54, 1.807) is 12.4 Å². The number of carboxylic acids is 1. The summed E-state index contributed by atoms with van der Waals surface area (Å²) >= 11 is 0. The van der Waals surface area contributed by atoms with E-state index in [0.29, 0.717) is 24.8 Å². The van der Waals surface area contributed by atoms with E-state index < -0.39 is 5.97 Å². The number of hydrogen-bond acceptors (Lipinski definition) is 5. The van der Waals surface area contributed by atoms with E-state index in [1.165, 1.54) is 0 Å². The van der Waals surface area contributed by atoms with Crippen LogP contribution in [0.3, 0.4) is 0 Å². The molecule has 100 valence electrons. The van der Waals surface area contributed by atoms with E-state index in [2.05, 4.69) is 9.97 Å². The summed E-state index contributed by atoms with van der Waals surface area (Å²) in [5.74, 6) is 0.267. The van der Waals surface area contributed by atoms with Crippen molar-refractivity contribution < 1.29 is 14.6 Å². The van der Waals surface area contributed by atoms with Gasteiger partial charge in [-0.05, 0) is 20.8 Å². The van der Waals surface area contributed by atoms with Gasteiger partial charge in [-0.2, -0.15) is 4.98 Å². The molecule has 0 aliphatic carbocycles. The Morgan fingerprint density at radius 1 is 1.50 bits per heavy atom. The first kappa shape index (κ1) is 14.2. The van der Waals surface area contributed by atoms with Gasteiger partial charge < -0.3 is 14.7 Å². The van der Waals surface area contributed by atoms with Crippen LogP contribution in [-0.4, -0.2) is 40.2 Å². The summed E-state index contributed by atoms with van der Waals surface area (Å²) in [5.41, 5.74) is 0. The van der Waals surface area contributed by atoms with Gasteiger partial charge in [0.1, 0.15) is 0 Å². The largest absolute Gasteiger partial charge is 0.481 e. The minimum Gasteiger partial charge on any atom is -0.481 e. The Balaban J connectivity index is 2.86. The first-order valence-electron chi connectivity index (χ1n) is 6.01. The second-order valence-corrected chi connectivity index (χ2v) is 3.88. The maximum absolute atomic E-state index is 10.7. The van der Waals surface area contributed by atoms with Crippen molar-refractivity contribution in [2.75, 3.05) is 18.1 Å². The van der Waals surface area contributed by atoms with Crippen LogP contribution in [0.5, 0.6) is 5.88 Å². The van der Waals surface area contributed by atoms with Crippen molar-refractivity contribution in [1.82, 2.24) is 9.97 Å². The summed E-state index contributed by atoms with van der Waals surface area (Å²) in [6, 6.07) is -0.140. The highest BCUT2D eigenvalue weighted by atomic mass is 16.5. The fourth-order valence-corrected chi connectivity index (χ4v) is 1.76. The molecule has 1 aromatic heterocycles. The van der Waals surface area contributed by atoms with Gasteiger partial charge in [0.05, 0.1) is 25.4 Å². The first-order chi connectivity index (χ1) is 8.58. The Morgan fingerprint density at radius 2 is 2.22 bits per heavy atom. The van der Waals surface area contributed by atoms with Gasteiger partial charge in [0.15, 0.2) is 5.82 Å². The van der Waals surface area contributed by atoms with Gasteiger partial charge in [-0.25, -0.2) is 0 Å². The van der Waals surface area contributed by atoms with Crippen molar-refractivity contribution in [3.05, 3.63) is 12.4 Å². The highest BCUT2D eigenvalue weighted by molar-refractivity contribution is 5.68. The molecule has 0 fully saturated rings. The molecule has 6 nitrogen and oxygen atoms in total. The summed E-state index contributed by atoms with van der Waals surface area (Å²) in [7, 11) is 0. The smallest absolute Gasteiger partial charge is 0.305 e. The third kappa shape index (κ3) is 3.87. The SMILES string of the molecule is CCOc1cncc(N(CC)C(C)CC(=O)O)n1. The van der Waals surface area contributed by atoms with Crippen molar-refractivity contribution >= 4 is 11.8 Å². The minimum atomic E-state index is -0.824. The molecule has 1 unspecified atom stereocenters. The van der Waals surface area contributed by atoms with Gasteiger partial charge in [0, 0.05) is 12.6 Å². The number of carboxylic acid groups (broad SMARTS) is 1. The van der Waals surface area contributed by atoms with Crippen molar-refractivity contribution in [1.29, 1.82) is 0 Å². The Labute approximate surface area is 107 Å². The highest BCUT2D eigenvalue weighted by Crippen LogP contribution is 2.17. The molecular weight excluding hydrogens is 234 g/mol. The summed E-state index contributed by atoms with van der Waals surface area (Å²) in [6.45, 7) is 6.87. The van der Waals surface area contributed by atoms with Gasteiger partial charge in [0.2, 0.25) is 5.88 Å². The molecule has 0 amide bonds. The summed E-state index contributed by atoms with van der Waals surface area (Å²) in [6.07, 6.45) is 3.22. The lowest BCUT2D eigenvalue weighted by Gasteiger charge is -2.27. The molecular formula is C12H19N3O3. The Bertz CT molecular complexity index is 398. The van der Waals surface area contributed by atoms with Crippen molar-refractivity contribution in [3.8, 4) is 5.88 Å². The predicted molar refractivity (Wildman–Crippen MR) is 67.9 cm³/mol. The molecule has 0 spiro atoms. The van der Waals surface area contributed by atoms with Gasteiger partial charge in [-0.3, -0.25) is 9.78 Å². The molecule has 6 heteroatoms. The van der Waals surface area contributed by atoms with Crippen LogP contribution >= 0.6 is 0 Å². The fourth-order valence-electron chi connectivity index (χ4n) is 1.76. The predicted octanol–water partition coefficient (Wildman–Crippen LogP) is 1.56. The molecule has 0 aliphatic rings. The van der Waals surface area contributed by atoms with Crippen molar-refractivity contribution in [2.45, 2.75) is 33.2 Å². The standard InChI is InChI=1S/C12H19N3O3/c1-4-15(9(3)6-12(16)17)10-7-13-8-11(14-10)18-5-2/h7-9H,4-6H2,1-3H3,(H,16,17). The van der Waals surface area contributed by atoms with Crippen LogP contribution in [0.4, 0.5) is 5.82 Å². The van der Waals surface area contributed by atoms with Gasteiger partial charge in [0.25, 0.3) is 0 Å². The molecule has 0 aliphatic heterocycles. The van der Waals surface area contributed by atoms with Crippen LogP contribution in [-0.2, 0) is 4.79 Å².